The fraction of sp³-hybridized carbons (Fsp3) is 0.290. The fourth-order valence-corrected chi connectivity index (χ4v) is 5.87. The average Bonchev–Trinajstić information content (AvgIpc) is 2.93. The Hall–Kier alpha value is -3.19. The van der Waals surface area contributed by atoms with E-state index in [0.717, 1.165) is 54.7 Å². The molecule has 0 spiro atoms. The minimum atomic E-state index is -3.75. The van der Waals surface area contributed by atoms with E-state index in [9.17, 15) is 8.42 Å². The molecule has 2 atom stereocenters. The first-order valence-electron chi connectivity index (χ1n) is 12.8. The smallest absolute Gasteiger partial charge is 0.241 e. The molecule has 3 aromatic rings. The molecule has 6 heteroatoms. The Morgan fingerprint density at radius 2 is 1.43 bits per heavy atom. The second-order valence-corrected chi connectivity index (χ2v) is 11.1. The second-order valence-electron chi connectivity index (χ2n) is 9.41. The molecule has 0 fully saturated rings. The minimum absolute atomic E-state index is 0.246. The van der Waals surface area contributed by atoms with Crippen molar-refractivity contribution in [3.63, 3.8) is 0 Å². The average molecular weight is 517 g/mol. The molecule has 0 unspecified atom stereocenters. The first-order chi connectivity index (χ1) is 18.0. The van der Waals surface area contributed by atoms with E-state index in [-0.39, 0.29) is 10.9 Å². The van der Waals surface area contributed by atoms with Crippen LogP contribution in [0.4, 0.5) is 0 Å². The van der Waals surface area contributed by atoms with Gasteiger partial charge in [0.05, 0.1) is 29.8 Å². The maximum atomic E-state index is 13.5. The molecule has 0 aromatic heterocycles. The van der Waals surface area contributed by atoms with Gasteiger partial charge >= 0.3 is 0 Å². The van der Waals surface area contributed by atoms with E-state index < -0.39 is 16.1 Å². The summed E-state index contributed by atoms with van der Waals surface area (Å²) < 4.78 is 35.3. The van der Waals surface area contributed by atoms with Crippen molar-refractivity contribution in [1.82, 2.24) is 10.0 Å². The van der Waals surface area contributed by atoms with Crippen LogP contribution in [0.2, 0.25) is 0 Å². The summed E-state index contributed by atoms with van der Waals surface area (Å²) >= 11 is 0. The van der Waals surface area contributed by atoms with E-state index >= 15 is 0 Å². The number of nitrogens with one attached hydrogen (secondary N) is 2. The number of hydrogen-bond donors (Lipinski definition) is 2. The summed E-state index contributed by atoms with van der Waals surface area (Å²) in [5, 5.41) is 3.68. The Balaban J connectivity index is 1.55. The predicted octanol–water partition coefficient (Wildman–Crippen LogP) is 6.38. The summed E-state index contributed by atoms with van der Waals surface area (Å²) in [5.74, 6) is 1.03. The first kappa shape index (κ1) is 26.9. The molecule has 1 aliphatic rings. The zero-order valence-corrected chi connectivity index (χ0v) is 22.4. The van der Waals surface area contributed by atoms with Gasteiger partial charge in [0.1, 0.15) is 0 Å². The van der Waals surface area contributed by atoms with Crippen molar-refractivity contribution in [2.45, 2.75) is 49.6 Å². The van der Waals surface area contributed by atoms with E-state index in [1.807, 2.05) is 67.6 Å². The van der Waals surface area contributed by atoms with Crippen molar-refractivity contribution in [3.05, 3.63) is 125 Å². The number of hydrogen-bond acceptors (Lipinski definition) is 4. The summed E-state index contributed by atoms with van der Waals surface area (Å²) in [4.78, 5) is 0.263. The monoisotopic (exact) mass is 516 g/mol. The summed E-state index contributed by atoms with van der Waals surface area (Å²) in [7, 11) is -2.03. The van der Waals surface area contributed by atoms with E-state index in [1.165, 1.54) is 5.57 Å². The highest BCUT2D eigenvalue weighted by Crippen LogP contribution is 2.31. The van der Waals surface area contributed by atoms with Gasteiger partial charge in [-0.1, -0.05) is 90.0 Å². The lowest BCUT2D eigenvalue weighted by Gasteiger charge is -2.30. The van der Waals surface area contributed by atoms with Crippen LogP contribution in [0.3, 0.4) is 0 Å². The molecule has 0 amide bonds. The third kappa shape index (κ3) is 7.41. The Morgan fingerprint density at radius 3 is 2.00 bits per heavy atom. The molecule has 5 nitrogen and oxygen atoms in total. The summed E-state index contributed by atoms with van der Waals surface area (Å²) in [6, 6.07) is 26.1. The quantitative estimate of drug-likeness (QED) is 0.217. The molecule has 194 valence electrons. The maximum absolute atomic E-state index is 13.5. The SMILES string of the molecule is COC1=CCC(CCCN[C@H](c2ccccc2)[C@H](NS(=O)(=O)c2ccc(C)cc2)c2ccccc2)=CC1. The maximum Gasteiger partial charge on any atom is 0.241 e. The van der Waals surface area contributed by atoms with Gasteiger partial charge in [0.25, 0.3) is 0 Å². The van der Waals surface area contributed by atoms with Gasteiger partial charge in [-0.25, -0.2) is 13.1 Å². The van der Waals surface area contributed by atoms with Crippen LogP contribution in [0.25, 0.3) is 0 Å². The fourth-order valence-electron chi connectivity index (χ4n) is 4.63. The van der Waals surface area contributed by atoms with Gasteiger partial charge in [0, 0.05) is 6.42 Å². The first-order valence-corrected chi connectivity index (χ1v) is 14.3. The van der Waals surface area contributed by atoms with E-state index in [2.05, 4.69) is 34.3 Å². The molecule has 0 radical (unpaired) electrons. The molecule has 0 heterocycles. The number of ether oxygens (including phenoxy) is 1. The molecule has 1 aliphatic carbocycles. The van der Waals surface area contributed by atoms with Gasteiger partial charge in [-0.3, -0.25) is 0 Å². The van der Waals surface area contributed by atoms with Gasteiger partial charge in [-0.15, -0.1) is 0 Å². The third-order valence-corrected chi connectivity index (χ3v) is 8.21. The highest BCUT2D eigenvalue weighted by Gasteiger charge is 2.29. The lowest BCUT2D eigenvalue weighted by Crippen LogP contribution is -2.39. The van der Waals surface area contributed by atoms with Gasteiger partial charge in [0.15, 0.2) is 0 Å². The molecule has 0 aliphatic heterocycles. The van der Waals surface area contributed by atoms with E-state index in [1.54, 1.807) is 19.2 Å². The molecule has 0 saturated heterocycles. The second kappa shape index (κ2) is 12.9. The molecule has 3 aromatic carbocycles. The van der Waals surface area contributed by atoms with Crippen molar-refractivity contribution in [3.8, 4) is 0 Å². The highest BCUT2D eigenvalue weighted by atomic mass is 32.2. The molecule has 2 N–H and O–H groups in total. The zero-order valence-electron chi connectivity index (χ0n) is 21.6. The molecule has 4 rings (SSSR count). The van der Waals surface area contributed by atoms with Gasteiger partial charge in [0.2, 0.25) is 10.0 Å². The van der Waals surface area contributed by atoms with Crippen molar-refractivity contribution >= 4 is 10.0 Å². The lowest BCUT2D eigenvalue weighted by atomic mass is 9.93. The van der Waals surface area contributed by atoms with E-state index in [4.69, 9.17) is 4.74 Å². The third-order valence-electron chi connectivity index (χ3n) is 6.75. The van der Waals surface area contributed by atoms with Crippen LogP contribution >= 0.6 is 0 Å². The highest BCUT2D eigenvalue weighted by molar-refractivity contribution is 7.89. The Bertz CT molecular complexity index is 1300. The number of rotatable bonds is 12. The largest absolute Gasteiger partial charge is 0.501 e. The molecular formula is C31H36N2O3S. The van der Waals surface area contributed by atoms with Crippen molar-refractivity contribution < 1.29 is 13.2 Å². The van der Waals surface area contributed by atoms with Gasteiger partial charge < -0.3 is 10.1 Å². The number of benzene rings is 3. The molecule has 0 bridgehead atoms. The summed E-state index contributed by atoms with van der Waals surface area (Å²) in [6.07, 6.45) is 8.14. The predicted molar refractivity (Wildman–Crippen MR) is 150 cm³/mol. The van der Waals surface area contributed by atoms with Gasteiger partial charge in [-0.2, -0.15) is 0 Å². The summed E-state index contributed by atoms with van der Waals surface area (Å²) in [5.41, 5.74) is 4.38. The Morgan fingerprint density at radius 1 is 0.811 bits per heavy atom. The van der Waals surface area contributed by atoms with Crippen LogP contribution in [0.1, 0.15) is 54.5 Å². The molecule has 37 heavy (non-hydrogen) atoms. The van der Waals surface area contributed by atoms with Crippen LogP contribution in [-0.2, 0) is 14.8 Å². The molecule has 0 saturated carbocycles. The van der Waals surface area contributed by atoms with Gasteiger partial charge in [-0.05, 0) is 62.1 Å². The Kier molecular flexibility index (Phi) is 9.34. The summed E-state index contributed by atoms with van der Waals surface area (Å²) in [6.45, 7) is 2.70. The van der Waals surface area contributed by atoms with Crippen LogP contribution in [0, 0.1) is 6.92 Å². The van der Waals surface area contributed by atoms with Crippen LogP contribution in [0.5, 0.6) is 0 Å². The van der Waals surface area contributed by atoms with Crippen LogP contribution in [0.15, 0.2) is 113 Å². The van der Waals surface area contributed by atoms with Crippen molar-refractivity contribution in [2.75, 3.05) is 13.7 Å². The minimum Gasteiger partial charge on any atom is -0.501 e. The molecular weight excluding hydrogens is 480 g/mol. The topological polar surface area (TPSA) is 67.4 Å². The Labute approximate surface area is 221 Å². The van der Waals surface area contributed by atoms with Crippen molar-refractivity contribution in [2.24, 2.45) is 0 Å². The van der Waals surface area contributed by atoms with E-state index in [0.29, 0.717) is 0 Å². The standard InChI is InChI=1S/C31H36N2O3S/c1-24-15-21-29(22-16-24)37(34,35)33-31(27-13-7-4-8-14-27)30(26-11-5-3-6-12-26)32-23-9-10-25-17-19-28(36-2)20-18-25/h3-8,11-17,20-22,30-33H,9-10,18-19,23H2,1-2H3/t30-,31-/m1/s1. The number of methoxy groups -OCH3 is 1. The zero-order chi connectivity index (χ0) is 26.1. The number of allylic oxidation sites excluding steroid dienone is 3. The van der Waals surface area contributed by atoms with Crippen LogP contribution < -0.4 is 10.0 Å². The lowest BCUT2D eigenvalue weighted by molar-refractivity contribution is 0.281. The van der Waals surface area contributed by atoms with Crippen molar-refractivity contribution in [1.29, 1.82) is 0 Å². The number of aryl methyl sites for hydroxylation is 1. The normalized spacial score (nSPS) is 15.4. The number of sulfonamides is 1. The van der Waals surface area contributed by atoms with Crippen LogP contribution in [-0.4, -0.2) is 22.1 Å².